The highest BCUT2D eigenvalue weighted by Gasteiger charge is 2.16. The third-order valence-corrected chi connectivity index (χ3v) is 5.13. The summed E-state index contributed by atoms with van der Waals surface area (Å²) in [6.07, 6.45) is 3.92. The minimum absolute atomic E-state index is 0.0552. The van der Waals surface area contributed by atoms with E-state index in [0.29, 0.717) is 26.1 Å². The van der Waals surface area contributed by atoms with Gasteiger partial charge in [-0.05, 0) is 30.7 Å². The summed E-state index contributed by atoms with van der Waals surface area (Å²) in [6.45, 7) is 3.22. The van der Waals surface area contributed by atoms with Crippen molar-refractivity contribution in [3.8, 4) is 11.8 Å². The summed E-state index contributed by atoms with van der Waals surface area (Å²) in [7, 11) is 0. The van der Waals surface area contributed by atoms with Crippen LogP contribution in [0.15, 0.2) is 54.2 Å². The fourth-order valence-electron chi connectivity index (χ4n) is 2.73. The number of amides is 1. The lowest BCUT2D eigenvalue weighted by molar-refractivity contribution is -0.131. The Bertz CT molecular complexity index is 964. The third-order valence-electron chi connectivity index (χ3n) is 4.26. The van der Waals surface area contributed by atoms with Crippen molar-refractivity contribution in [3.63, 3.8) is 0 Å². The molecule has 0 aliphatic rings. The Morgan fingerprint density at radius 2 is 2.10 bits per heavy atom. The summed E-state index contributed by atoms with van der Waals surface area (Å²) in [4.78, 5) is 23.1. The topological polar surface area (TPSA) is 79.1 Å². The van der Waals surface area contributed by atoms with Crippen LogP contribution in [-0.4, -0.2) is 27.3 Å². The van der Waals surface area contributed by atoms with Gasteiger partial charge in [-0.2, -0.15) is 5.26 Å². The highest BCUT2D eigenvalue weighted by atomic mass is 32.1. The molecule has 1 amide bonds. The molecule has 7 heteroatoms. The van der Waals surface area contributed by atoms with E-state index in [4.69, 9.17) is 10.00 Å². The lowest BCUT2D eigenvalue weighted by Crippen LogP contribution is -2.32. The number of carbonyl (C=O) groups excluding carboxylic acids is 1. The van der Waals surface area contributed by atoms with E-state index in [0.717, 1.165) is 22.0 Å². The Balaban J connectivity index is 1.57. The van der Waals surface area contributed by atoms with Gasteiger partial charge in [-0.3, -0.25) is 9.78 Å². The molecule has 0 fully saturated rings. The summed E-state index contributed by atoms with van der Waals surface area (Å²) < 4.78 is 5.75. The number of hydrogen-bond acceptors (Lipinski definition) is 6. The van der Waals surface area contributed by atoms with Gasteiger partial charge in [0.05, 0.1) is 24.6 Å². The summed E-state index contributed by atoms with van der Waals surface area (Å²) >= 11 is 1.48. The van der Waals surface area contributed by atoms with Crippen LogP contribution in [0.5, 0.6) is 5.75 Å². The molecule has 3 rings (SSSR count). The zero-order chi connectivity index (χ0) is 20.5. The predicted molar refractivity (Wildman–Crippen MR) is 111 cm³/mol. The van der Waals surface area contributed by atoms with Gasteiger partial charge in [0, 0.05) is 30.9 Å². The van der Waals surface area contributed by atoms with Crippen molar-refractivity contribution in [1.29, 1.82) is 5.26 Å². The average Bonchev–Trinajstić information content (AvgIpc) is 3.18. The Kier molecular flexibility index (Phi) is 7.31. The largest absolute Gasteiger partial charge is 0.486 e. The number of nitriles is 1. The number of aromatic nitrogens is 2. The van der Waals surface area contributed by atoms with E-state index in [1.54, 1.807) is 17.3 Å². The fraction of sp³-hybridized carbons (Fsp3) is 0.273. The fourth-order valence-corrected chi connectivity index (χ4v) is 3.44. The van der Waals surface area contributed by atoms with Crippen molar-refractivity contribution >= 4 is 17.2 Å². The van der Waals surface area contributed by atoms with Crippen LogP contribution in [0.2, 0.25) is 0 Å². The molecule has 2 aromatic heterocycles. The molecule has 0 aliphatic heterocycles. The van der Waals surface area contributed by atoms with Gasteiger partial charge in [0.1, 0.15) is 17.4 Å². The monoisotopic (exact) mass is 406 g/mol. The second kappa shape index (κ2) is 10.3. The minimum Gasteiger partial charge on any atom is -0.486 e. The number of nitrogens with zero attached hydrogens (tertiary/aromatic N) is 4. The predicted octanol–water partition coefficient (Wildman–Crippen LogP) is 3.91. The number of ether oxygens (including phenoxy) is 1. The Morgan fingerprint density at radius 1 is 1.28 bits per heavy atom. The zero-order valence-electron chi connectivity index (χ0n) is 16.2. The van der Waals surface area contributed by atoms with Gasteiger partial charge in [-0.25, -0.2) is 4.98 Å². The molecule has 0 unspecified atom stereocenters. The van der Waals surface area contributed by atoms with E-state index >= 15 is 0 Å². The Hall–Kier alpha value is -3.24. The van der Waals surface area contributed by atoms with E-state index in [1.165, 1.54) is 16.9 Å². The molecule has 3 aromatic rings. The van der Waals surface area contributed by atoms with Crippen LogP contribution in [0, 0.1) is 18.3 Å². The summed E-state index contributed by atoms with van der Waals surface area (Å²) in [5, 5.41) is 11.6. The van der Waals surface area contributed by atoms with E-state index in [-0.39, 0.29) is 12.3 Å². The normalized spacial score (nSPS) is 10.3. The first kappa shape index (κ1) is 20.5. The standard InChI is InChI=1S/C22H22N4O2S/c1-17-5-7-20(8-6-17)28-15-21-25-19(16-29-21)12-22(27)26(11-3-9-23)14-18-4-2-10-24-13-18/h2,4-8,10,13,16H,3,11-12,14-15H2,1H3. The van der Waals surface area contributed by atoms with Crippen LogP contribution < -0.4 is 4.74 Å². The molecule has 0 saturated heterocycles. The summed E-state index contributed by atoms with van der Waals surface area (Å²) in [6, 6.07) is 13.7. The maximum atomic E-state index is 12.8. The Morgan fingerprint density at radius 3 is 2.83 bits per heavy atom. The SMILES string of the molecule is Cc1ccc(OCc2nc(CC(=O)N(CCC#N)Cc3cccnc3)cs2)cc1. The number of aryl methyl sites for hydroxylation is 1. The van der Waals surface area contributed by atoms with E-state index in [9.17, 15) is 4.79 Å². The minimum atomic E-state index is -0.0552. The number of thiazole rings is 1. The molecule has 6 nitrogen and oxygen atoms in total. The van der Waals surface area contributed by atoms with Crippen molar-refractivity contribution in [1.82, 2.24) is 14.9 Å². The number of pyridine rings is 1. The van der Waals surface area contributed by atoms with Gasteiger partial charge in [-0.1, -0.05) is 23.8 Å². The van der Waals surface area contributed by atoms with Crippen LogP contribution in [0.1, 0.15) is 28.2 Å². The summed E-state index contributed by atoms with van der Waals surface area (Å²) in [5.74, 6) is 0.739. The zero-order valence-corrected chi connectivity index (χ0v) is 17.1. The van der Waals surface area contributed by atoms with Crippen molar-refractivity contribution in [2.24, 2.45) is 0 Å². The second-order valence-electron chi connectivity index (χ2n) is 6.60. The third kappa shape index (κ3) is 6.40. The highest BCUT2D eigenvalue weighted by Crippen LogP contribution is 2.17. The van der Waals surface area contributed by atoms with Crippen LogP contribution in [0.25, 0.3) is 0 Å². The maximum absolute atomic E-state index is 12.8. The first-order valence-corrected chi connectivity index (χ1v) is 10.2. The lowest BCUT2D eigenvalue weighted by Gasteiger charge is -2.21. The summed E-state index contributed by atoms with van der Waals surface area (Å²) in [5.41, 5.74) is 2.83. The molecule has 0 spiro atoms. The van der Waals surface area contributed by atoms with Crippen LogP contribution >= 0.6 is 11.3 Å². The van der Waals surface area contributed by atoms with Crippen molar-refractivity contribution in [2.45, 2.75) is 32.9 Å². The van der Waals surface area contributed by atoms with Gasteiger partial charge in [0.2, 0.25) is 5.91 Å². The number of hydrogen-bond donors (Lipinski definition) is 0. The molecule has 148 valence electrons. The average molecular weight is 407 g/mol. The lowest BCUT2D eigenvalue weighted by atomic mass is 10.2. The molecule has 0 aliphatic carbocycles. The van der Waals surface area contributed by atoms with Crippen LogP contribution in [0.4, 0.5) is 0 Å². The van der Waals surface area contributed by atoms with Gasteiger partial charge in [-0.15, -0.1) is 11.3 Å². The molecular weight excluding hydrogens is 384 g/mol. The van der Waals surface area contributed by atoms with E-state index in [1.807, 2.05) is 48.7 Å². The highest BCUT2D eigenvalue weighted by molar-refractivity contribution is 7.09. The van der Waals surface area contributed by atoms with Crippen molar-refractivity contribution in [2.75, 3.05) is 6.54 Å². The smallest absolute Gasteiger partial charge is 0.228 e. The van der Waals surface area contributed by atoms with Crippen LogP contribution in [-0.2, 0) is 24.4 Å². The van der Waals surface area contributed by atoms with Gasteiger partial charge in [0.15, 0.2) is 0 Å². The quantitative estimate of drug-likeness (QED) is 0.538. The van der Waals surface area contributed by atoms with E-state index < -0.39 is 0 Å². The maximum Gasteiger partial charge on any atom is 0.228 e. The number of carbonyl (C=O) groups is 1. The molecule has 1 aromatic carbocycles. The number of rotatable bonds is 9. The Labute approximate surface area is 174 Å². The number of benzene rings is 1. The molecule has 0 atom stereocenters. The molecule has 0 saturated carbocycles. The van der Waals surface area contributed by atoms with Crippen molar-refractivity contribution in [3.05, 3.63) is 76.0 Å². The first-order valence-electron chi connectivity index (χ1n) is 9.30. The van der Waals surface area contributed by atoms with Gasteiger partial charge in [0.25, 0.3) is 0 Å². The first-order chi connectivity index (χ1) is 14.1. The van der Waals surface area contributed by atoms with Gasteiger partial charge < -0.3 is 9.64 Å². The van der Waals surface area contributed by atoms with Crippen molar-refractivity contribution < 1.29 is 9.53 Å². The second-order valence-corrected chi connectivity index (χ2v) is 7.54. The van der Waals surface area contributed by atoms with E-state index in [2.05, 4.69) is 16.0 Å². The molecule has 2 heterocycles. The molecule has 0 bridgehead atoms. The molecule has 0 N–H and O–H groups in total. The molecule has 0 radical (unpaired) electrons. The van der Waals surface area contributed by atoms with Gasteiger partial charge >= 0.3 is 0 Å². The molecule has 29 heavy (non-hydrogen) atoms. The van der Waals surface area contributed by atoms with Crippen LogP contribution in [0.3, 0.4) is 0 Å². The molecular formula is C22H22N4O2S.